The number of hydrogen-bond acceptors (Lipinski definition) is 4. The zero-order valence-electron chi connectivity index (χ0n) is 14.2. The van der Waals surface area contributed by atoms with Crippen LogP contribution in [0.2, 0.25) is 0 Å². The number of allylic oxidation sites excluding steroid dienone is 10. The van der Waals surface area contributed by atoms with Crippen molar-refractivity contribution < 1.29 is 14.3 Å². The third-order valence-corrected chi connectivity index (χ3v) is 4.60. The van der Waals surface area contributed by atoms with Crippen molar-refractivity contribution in [1.29, 1.82) is 0 Å². The Labute approximate surface area is 142 Å². The van der Waals surface area contributed by atoms with Crippen LogP contribution < -0.4 is 5.32 Å². The summed E-state index contributed by atoms with van der Waals surface area (Å²) in [6.07, 6.45) is 13.7. The molecule has 3 aliphatic carbocycles. The Hall–Kier alpha value is -2.36. The van der Waals surface area contributed by atoms with Crippen molar-refractivity contribution in [2.24, 2.45) is 11.8 Å². The van der Waals surface area contributed by atoms with Gasteiger partial charge in [-0.15, -0.1) is 0 Å². The standard InChI is InChI=1S/C20H23NO3/c1-3-24-20(23)13(2)12-21-17-8-7-14-9-15-5-4-6-19(22)18(15)11-16(14)10-17/h4,6-9,11,13,16,21H,3,5,10,12H2,1-2H3. The van der Waals surface area contributed by atoms with Crippen LogP contribution in [0.5, 0.6) is 0 Å². The minimum absolute atomic E-state index is 0.103. The predicted molar refractivity (Wildman–Crippen MR) is 93.0 cm³/mol. The topological polar surface area (TPSA) is 55.4 Å². The van der Waals surface area contributed by atoms with E-state index in [9.17, 15) is 9.59 Å². The average Bonchev–Trinajstić information content (AvgIpc) is 2.58. The zero-order valence-corrected chi connectivity index (χ0v) is 14.2. The molecule has 0 spiro atoms. The molecule has 24 heavy (non-hydrogen) atoms. The molecular formula is C20H23NO3. The smallest absolute Gasteiger partial charge is 0.310 e. The van der Waals surface area contributed by atoms with Gasteiger partial charge in [-0.05, 0) is 43.1 Å². The number of ketones is 1. The molecule has 0 saturated heterocycles. The molecule has 0 amide bonds. The van der Waals surface area contributed by atoms with E-state index in [4.69, 9.17) is 4.74 Å². The molecule has 0 aliphatic heterocycles. The number of fused-ring (bicyclic) bond motifs is 2. The zero-order chi connectivity index (χ0) is 17.1. The van der Waals surface area contributed by atoms with Crippen LogP contribution in [-0.4, -0.2) is 24.9 Å². The Morgan fingerprint density at radius 1 is 1.42 bits per heavy atom. The second-order valence-electron chi connectivity index (χ2n) is 6.42. The summed E-state index contributed by atoms with van der Waals surface area (Å²) in [6, 6.07) is 0. The highest BCUT2D eigenvalue weighted by molar-refractivity contribution is 6.09. The molecular weight excluding hydrogens is 302 g/mol. The van der Waals surface area contributed by atoms with E-state index in [0.717, 1.165) is 29.7 Å². The predicted octanol–water partition coefficient (Wildman–Crippen LogP) is 3.00. The molecule has 0 saturated carbocycles. The SMILES string of the molecule is CCOC(=O)C(C)CNC1=CC=C2C=C3CC=CC(=O)C3=CC2C1. The monoisotopic (exact) mass is 325 g/mol. The van der Waals surface area contributed by atoms with Gasteiger partial charge < -0.3 is 10.1 Å². The lowest BCUT2D eigenvalue weighted by Crippen LogP contribution is -2.29. The summed E-state index contributed by atoms with van der Waals surface area (Å²) in [5, 5.41) is 3.34. The van der Waals surface area contributed by atoms with Crippen molar-refractivity contribution in [1.82, 2.24) is 5.32 Å². The summed E-state index contributed by atoms with van der Waals surface area (Å²) in [5.74, 6) is -0.0294. The first-order valence-corrected chi connectivity index (χ1v) is 8.53. The van der Waals surface area contributed by atoms with E-state index < -0.39 is 0 Å². The van der Waals surface area contributed by atoms with E-state index in [2.05, 4.69) is 29.6 Å². The van der Waals surface area contributed by atoms with Crippen molar-refractivity contribution >= 4 is 11.8 Å². The number of ether oxygens (including phenoxy) is 1. The summed E-state index contributed by atoms with van der Waals surface area (Å²) in [5.41, 5.74) is 4.31. The molecule has 0 bridgehead atoms. The number of carbonyl (C=O) groups excluding carboxylic acids is 2. The Balaban J connectivity index is 1.66. The number of carbonyl (C=O) groups is 2. The van der Waals surface area contributed by atoms with E-state index in [0.29, 0.717) is 13.2 Å². The fourth-order valence-electron chi connectivity index (χ4n) is 3.22. The molecule has 4 heteroatoms. The van der Waals surface area contributed by atoms with Crippen molar-refractivity contribution in [2.45, 2.75) is 26.7 Å². The quantitative estimate of drug-likeness (QED) is 0.790. The Morgan fingerprint density at radius 3 is 3.04 bits per heavy atom. The van der Waals surface area contributed by atoms with E-state index in [-0.39, 0.29) is 23.6 Å². The fourth-order valence-corrected chi connectivity index (χ4v) is 3.22. The lowest BCUT2D eigenvalue weighted by molar-refractivity contribution is -0.147. The minimum Gasteiger partial charge on any atom is -0.466 e. The van der Waals surface area contributed by atoms with Gasteiger partial charge in [0, 0.05) is 23.7 Å². The van der Waals surface area contributed by atoms with Gasteiger partial charge in [0.1, 0.15) is 0 Å². The molecule has 126 valence electrons. The van der Waals surface area contributed by atoms with Crippen molar-refractivity contribution in [3.63, 3.8) is 0 Å². The second kappa shape index (κ2) is 7.04. The maximum atomic E-state index is 12.0. The maximum Gasteiger partial charge on any atom is 0.310 e. The molecule has 2 atom stereocenters. The molecule has 0 radical (unpaired) electrons. The van der Waals surface area contributed by atoms with Crippen molar-refractivity contribution in [2.75, 3.05) is 13.2 Å². The summed E-state index contributed by atoms with van der Waals surface area (Å²) in [4.78, 5) is 23.7. The highest BCUT2D eigenvalue weighted by Gasteiger charge is 2.26. The summed E-state index contributed by atoms with van der Waals surface area (Å²) < 4.78 is 5.03. The summed E-state index contributed by atoms with van der Waals surface area (Å²) in [6.45, 7) is 4.64. The van der Waals surface area contributed by atoms with Gasteiger partial charge in [0.25, 0.3) is 0 Å². The van der Waals surface area contributed by atoms with E-state index in [1.54, 1.807) is 6.08 Å². The molecule has 3 aliphatic rings. The van der Waals surface area contributed by atoms with Crippen LogP contribution >= 0.6 is 0 Å². The van der Waals surface area contributed by atoms with Crippen molar-refractivity contribution in [3.8, 4) is 0 Å². The highest BCUT2D eigenvalue weighted by atomic mass is 16.5. The third-order valence-electron chi connectivity index (χ3n) is 4.60. The lowest BCUT2D eigenvalue weighted by Gasteiger charge is -2.28. The first-order valence-electron chi connectivity index (χ1n) is 8.53. The average molecular weight is 325 g/mol. The Morgan fingerprint density at radius 2 is 2.25 bits per heavy atom. The van der Waals surface area contributed by atoms with Gasteiger partial charge in [0.2, 0.25) is 0 Å². The highest BCUT2D eigenvalue weighted by Crippen LogP contribution is 2.36. The number of hydrogen-bond donors (Lipinski definition) is 1. The molecule has 0 fully saturated rings. The molecule has 0 aromatic carbocycles. The lowest BCUT2D eigenvalue weighted by atomic mass is 9.78. The Kier molecular flexibility index (Phi) is 4.84. The van der Waals surface area contributed by atoms with Gasteiger partial charge >= 0.3 is 5.97 Å². The van der Waals surface area contributed by atoms with Crippen LogP contribution in [0.15, 0.2) is 58.9 Å². The van der Waals surface area contributed by atoms with Crippen LogP contribution in [0.25, 0.3) is 0 Å². The van der Waals surface area contributed by atoms with Crippen LogP contribution in [0.3, 0.4) is 0 Å². The molecule has 0 aromatic heterocycles. The molecule has 3 rings (SSSR count). The first-order chi connectivity index (χ1) is 11.6. The molecule has 2 unspecified atom stereocenters. The van der Waals surface area contributed by atoms with E-state index in [1.807, 2.05) is 19.9 Å². The third kappa shape index (κ3) is 3.42. The van der Waals surface area contributed by atoms with Crippen LogP contribution in [0.4, 0.5) is 0 Å². The van der Waals surface area contributed by atoms with Crippen LogP contribution in [0.1, 0.15) is 26.7 Å². The first kappa shape index (κ1) is 16.5. The molecule has 4 nitrogen and oxygen atoms in total. The Bertz CT molecular complexity index is 706. The second-order valence-corrected chi connectivity index (χ2v) is 6.42. The van der Waals surface area contributed by atoms with Crippen molar-refractivity contribution in [3.05, 3.63) is 58.9 Å². The largest absolute Gasteiger partial charge is 0.466 e. The van der Waals surface area contributed by atoms with E-state index >= 15 is 0 Å². The summed E-state index contributed by atoms with van der Waals surface area (Å²) in [7, 11) is 0. The van der Waals surface area contributed by atoms with Gasteiger partial charge in [-0.3, -0.25) is 9.59 Å². The van der Waals surface area contributed by atoms with Gasteiger partial charge in [0.05, 0.1) is 12.5 Å². The number of rotatable bonds is 5. The fraction of sp³-hybridized carbons (Fsp3) is 0.400. The van der Waals surface area contributed by atoms with Crippen LogP contribution in [-0.2, 0) is 14.3 Å². The van der Waals surface area contributed by atoms with Gasteiger partial charge in [-0.1, -0.05) is 31.2 Å². The maximum absolute atomic E-state index is 12.0. The number of nitrogens with one attached hydrogen (secondary N) is 1. The van der Waals surface area contributed by atoms with E-state index in [1.165, 1.54) is 5.57 Å². The number of esters is 1. The van der Waals surface area contributed by atoms with Gasteiger partial charge in [-0.2, -0.15) is 0 Å². The minimum atomic E-state index is -0.183. The van der Waals surface area contributed by atoms with Gasteiger partial charge in [-0.25, -0.2) is 0 Å². The van der Waals surface area contributed by atoms with Gasteiger partial charge in [0.15, 0.2) is 5.78 Å². The molecule has 0 heterocycles. The molecule has 0 aromatic rings. The van der Waals surface area contributed by atoms with Crippen LogP contribution in [0, 0.1) is 11.8 Å². The normalized spacial score (nSPS) is 23.1. The molecule has 1 N–H and O–H groups in total. The summed E-state index contributed by atoms with van der Waals surface area (Å²) >= 11 is 0.